The van der Waals surface area contributed by atoms with Crippen molar-refractivity contribution < 1.29 is 10.2 Å². The van der Waals surface area contributed by atoms with Gasteiger partial charge in [-0.1, -0.05) is 0 Å². The van der Waals surface area contributed by atoms with E-state index < -0.39 is 6.10 Å². The zero-order chi connectivity index (χ0) is 10.9. The number of nitrogens with two attached hydrogens (primary N) is 1. The quantitative estimate of drug-likeness (QED) is 0.643. The van der Waals surface area contributed by atoms with Crippen molar-refractivity contribution in [1.82, 2.24) is 0 Å². The van der Waals surface area contributed by atoms with Crippen molar-refractivity contribution >= 4 is 45.2 Å². The molecule has 0 aliphatic carbocycles. The van der Waals surface area contributed by atoms with Crippen LogP contribution >= 0.6 is 45.2 Å². The molecule has 14 heavy (non-hydrogen) atoms. The largest absolute Gasteiger partial charge is 0.506 e. The first-order valence-corrected chi connectivity index (χ1v) is 6.20. The number of rotatable bonds is 2. The number of hydrogen-bond acceptors (Lipinski definition) is 3. The second-order valence-electron chi connectivity index (χ2n) is 3.14. The van der Waals surface area contributed by atoms with Gasteiger partial charge in [0.2, 0.25) is 0 Å². The number of phenolic OH excluding ortho intramolecular Hbond substituents is 1. The molecule has 0 fully saturated rings. The number of halogens is 2. The molecule has 0 spiro atoms. The number of aromatic hydroxyl groups is 1. The smallest absolute Gasteiger partial charge is 0.142 e. The normalized spacial score (nSPS) is 15.2. The number of hydrogen-bond donors (Lipinski definition) is 3. The maximum absolute atomic E-state index is 9.72. The van der Waals surface area contributed by atoms with Gasteiger partial charge in [-0.05, 0) is 69.8 Å². The monoisotopic (exact) mass is 419 g/mol. The SMILES string of the molecule is CC(N)C(O)c1cc(I)c(O)c(I)c1. The lowest BCUT2D eigenvalue weighted by molar-refractivity contribution is 0.153. The standard InChI is InChI=1S/C9H11I2NO2/c1-4(12)8(13)5-2-6(10)9(14)7(11)3-5/h2-4,8,13-14H,12H2,1H3. The van der Waals surface area contributed by atoms with Crippen LogP contribution in [0.1, 0.15) is 18.6 Å². The molecule has 0 saturated carbocycles. The predicted molar refractivity (Wildman–Crippen MR) is 72.1 cm³/mol. The van der Waals surface area contributed by atoms with Gasteiger partial charge in [0.25, 0.3) is 0 Å². The van der Waals surface area contributed by atoms with Crippen LogP contribution < -0.4 is 5.73 Å². The molecule has 2 unspecified atom stereocenters. The topological polar surface area (TPSA) is 66.5 Å². The molecular formula is C9H11I2NO2. The Bertz CT molecular complexity index is 319. The molecule has 78 valence electrons. The summed E-state index contributed by atoms with van der Waals surface area (Å²) < 4.78 is 1.45. The Labute approximate surface area is 110 Å². The zero-order valence-electron chi connectivity index (χ0n) is 7.54. The van der Waals surface area contributed by atoms with E-state index in [0.717, 1.165) is 12.7 Å². The lowest BCUT2D eigenvalue weighted by Crippen LogP contribution is -2.24. The molecule has 0 aliphatic heterocycles. The first-order valence-electron chi connectivity index (χ1n) is 4.05. The van der Waals surface area contributed by atoms with Gasteiger partial charge in [0.05, 0.1) is 13.2 Å². The van der Waals surface area contributed by atoms with Crippen LogP contribution in [0.3, 0.4) is 0 Å². The fraction of sp³-hybridized carbons (Fsp3) is 0.333. The van der Waals surface area contributed by atoms with Crippen molar-refractivity contribution in [3.05, 3.63) is 24.8 Å². The Morgan fingerprint density at radius 3 is 2.07 bits per heavy atom. The Morgan fingerprint density at radius 1 is 1.29 bits per heavy atom. The van der Waals surface area contributed by atoms with Crippen molar-refractivity contribution in [3.8, 4) is 5.75 Å². The summed E-state index contributed by atoms with van der Waals surface area (Å²) >= 11 is 4.05. The van der Waals surface area contributed by atoms with E-state index in [-0.39, 0.29) is 11.8 Å². The van der Waals surface area contributed by atoms with Gasteiger partial charge in [-0.15, -0.1) is 0 Å². The van der Waals surface area contributed by atoms with E-state index in [9.17, 15) is 10.2 Å². The molecule has 0 aliphatic rings. The summed E-state index contributed by atoms with van der Waals surface area (Å²) in [6.07, 6.45) is -0.683. The number of aliphatic hydroxyl groups excluding tert-OH is 1. The summed E-state index contributed by atoms with van der Waals surface area (Å²) in [5.41, 5.74) is 6.33. The van der Waals surface area contributed by atoms with E-state index in [1.54, 1.807) is 19.1 Å². The van der Waals surface area contributed by atoms with Crippen LogP contribution in [-0.2, 0) is 0 Å². The highest BCUT2D eigenvalue weighted by Crippen LogP contribution is 2.30. The first-order chi connectivity index (χ1) is 6.43. The summed E-state index contributed by atoms with van der Waals surface area (Å²) in [7, 11) is 0. The second kappa shape index (κ2) is 4.95. The minimum Gasteiger partial charge on any atom is -0.506 e. The fourth-order valence-corrected chi connectivity index (χ4v) is 2.88. The van der Waals surface area contributed by atoms with E-state index >= 15 is 0 Å². The molecule has 3 nitrogen and oxygen atoms in total. The third-order valence-corrected chi connectivity index (χ3v) is 3.52. The molecule has 1 aromatic rings. The number of benzene rings is 1. The Balaban J connectivity index is 3.12. The Morgan fingerprint density at radius 2 is 1.71 bits per heavy atom. The summed E-state index contributed by atoms with van der Waals surface area (Å²) in [6, 6.07) is 3.17. The molecule has 0 amide bonds. The zero-order valence-corrected chi connectivity index (χ0v) is 11.9. The molecule has 1 aromatic carbocycles. The lowest BCUT2D eigenvalue weighted by atomic mass is 10.0. The average molecular weight is 419 g/mol. The lowest BCUT2D eigenvalue weighted by Gasteiger charge is -2.16. The predicted octanol–water partition coefficient (Wildman–Crippen LogP) is 1.98. The Kier molecular flexibility index (Phi) is 4.41. The van der Waals surface area contributed by atoms with Crippen molar-refractivity contribution in [3.63, 3.8) is 0 Å². The number of phenols is 1. The average Bonchev–Trinajstić information content (AvgIpc) is 2.12. The van der Waals surface area contributed by atoms with Crippen LogP contribution in [0.25, 0.3) is 0 Å². The van der Waals surface area contributed by atoms with Gasteiger partial charge in [0, 0.05) is 6.04 Å². The van der Waals surface area contributed by atoms with Crippen molar-refractivity contribution in [2.24, 2.45) is 5.73 Å². The first kappa shape index (κ1) is 12.5. The van der Waals surface area contributed by atoms with Gasteiger partial charge >= 0.3 is 0 Å². The van der Waals surface area contributed by atoms with Crippen LogP contribution in [0.15, 0.2) is 12.1 Å². The van der Waals surface area contributed by atoms with E-state index in [2.05, 4.69) is 0 Å². The van der Waals surface area contributed by atoms with Gasteiger partial charge in [0.1, 0.15) is 5.75 Å². The number of aliphatic hydroxyl groups is 1. The van der Waals surface area contributed by atoms with Gasteiger partial charge in [0.15, 0.2) is 0 Å². The van der Waals surface area contributed by atoms with E-state index in [0.29, 0.717) is 0 Å². The van der Waals surface area contributed by atoms with E-state index in [4.69, 9.17) is 5.73 Å². The highest BCUT2D eigenvalue weighted by molar-refractivity contribution is 14.1. The van der Waals surface area contributed by atoms with Gasteiger partial charge in [-0.2, -0.15) is 0 Å². The molecule has 2 atom stereocenters. The van der Waals surface area contributed by atoms with Gasteiger partial charge in [-0.3, -0.25) is 0 Å². The molecule has 0 heterocycles. The second-order valence-corrected chi connectivity index (χ2v) is 5.46. The maximum atomic E-state index is 9.72. The Hall–Kier alpha value is 0.400. The van der Waals surface area contributed by atoms with Crippen molar-refractivity contribution in [1.29, 1.82) is 0 Å². The fourth-order valence-electron chi connectivity index (χ4n) is 1.06. The maximum Gasteiger partial charge on any atom is 0.142 e. The summed E-state index contributed by atoms with van der Waals surface area (Å²) in [5.74, 6) is 0.256. The van der Waals surface area contributed by atoms with Crippen LogP contribution in [-0.4, -0.2) is 16.3 Å². The molecular weight excluding hydrogens is 408 g/mol. The summed E-state index contributed by atoms with van der Waals surface area (Å²) in [6.45, 7) is 1.75. The van der Waals surface area contributed by atoms with Crippen LogP contribution in [0.5, 0.6) is 5.75 Å². The summed E-state index contributed by atoms with van der Waals surface area (Å²) in [4.78, 5) is 0. The molecule has 0 bridgehead atoms. The van der Waals surface area contributed by atoms with Gasteiger partial charge < -0.3 is 15.9 Å². The minimum absolute atomic E-state index is 0.256. The highest BCUT2D eigenvalue weighted by Gasteiger charge is 2.15. The molecule has 4 N–H and O–H groups in total. The summed E-state index contributed by atoms with van der Waals surface area (Å²) in [5, 5.41) is 19.2. The minimum atomic E-state index is -0.683. The van der Waals surface area contributed by atoms with Crippen LogP contribution in [0, 0.1) is 7.14 Å². The van der Waals surface area contributed by atoms with Crippen LogP contribution in [0.4, 0.5) is 0 Å². The van der Waals surface area contributed by atoms with E-state index in [1.807, 2.05) is 45.2 Å². The third-order valence-electron chi connectivity index (χ3n) is 1.88. The van der Waals surface area contributed by atoms with E-state index in [1.165, 1.54) is 0 Å². The molecule has 0 radical (unpaired) electrons. The van der Waals surface area contributed by atoms with Crippen LogP contribution in [0.2, 0.25) is 0 Å². The third kappa shape index (κ3) is 2.71. The molecule has 0 saturated heterocycles. The molecule has 0 aromatic heterocycles. The van der Waals surface area contributed by atoms with Crippen molar-refractivity contribution in [2.45, 2.75) is 19.1 Å². The molecule has 1 rings (SSSR count). The highest BCUT2D eigenvalue weighted by atomic mass is 127. The van der Waals surface area contributed by atoms with Crippen molar-refractivity contribution in [2.75, 3.05) is 0 Å². The molecule has 5 heteroatoms. The van der Waals surface area contributed by atoms with Gasteiger partial charge in [-0.25, -0.2) is 0 Å².